The van der Waals surface area contributed by atoms with Gasteiger partial charge in [-0.1, -0.05) is 38.8 Å². The quantitative estimate of drug-likeness (QED) is 0.785. The number of carbonyl (C=O) groups excluding carboxylic acids is 1. The Kier molecular flexibility index (Phi) is 7.13. The topological polar surface area (TPSA) is 32.3 Å². The zero-order valence-corrected chi connectivity index (χ0v) is 13.3. The van der Waals surface area contributed by atoms with E-state index in [0.29, 0.717) is 12.5 Å². The van der Waals surface area contributed by atoms with Crippen molar-refractivity contribution in [2.45, 2.75) is 52.0 Å². The lowest BCUT2D eigenvalue weighted by molar-refractivity contribution is -0.127. The van der Waals surface area contributed by atoms with Gasteiger partial charge in [-0.2, -0.15) is 0 Å². The summed E-state index contributed by atoms with van der Waals surface area (Å²) in [5, 5.41) is 3.57. The molecule has 0 saturated carbocycles. The van der Waals surface area contributed by atoms with Gasteiger partial charge in [0.2, 0.25) is 5.91 Å². The van der Waals surface area contributed by atoms with E-state index in [0.717, 1.165) is 17.7 Å². The standard InChI is InChI=1S/C17H28N2O/c1-5-7-8-15(6-2)18-16-11-9-14(10-12-16)13-17(20)19(3)4/h9-12,15,18H,5-8,13H2,1-4H3. The van der Waals surface area contributed by atoms with Crippen LogP contribution in [0.15, 0.2) is 24.3 Å². The van der Waals surface area contributed by atoms with Gasteiger partial charge in [-0.25, -0.2) is 0 Å². The first-order valence-corrected chi connectivity index (χ1v) is 7.62. The lowest BCUT2D eigenvalue weighted by Gasteiger charge is -2.18. The second-order valence-corrected chi connectivity index (χ2v) is 5.55. The summed E-state index contributed by atoms with van der Waals surface area (Å²) in [6.07, 6.45) is 5.33. The van der Waals surface area contributed by atoms with E-state index in [1.807, 2.05) is 12.1 Å². The van der Waals surface area contributed by atoms with Gasteiger partial charge in [0.05, 0.1) is 6.42 Å². The minimum Gasteiger partial charge on any atom is -0.382 e. The number of amides is 1. The molecule has 1 rings (SSSR count). The van der Waals surface area contributed by atoms with Crippen LogP contribution in [0.3, 0.4) is 0 Å². The van der Waals surface area contributed by atoms with Gasteiger partial charge in [-0.15, -0.1) is 0 Å². The fraction of sp³-hybridized carbons (Fsp3) is 0.588. The average molecular weight is 276 g/mol. The number of benzene rings is 1. The van der Waals surface area contributed by atoms with Crippen LogP contribution in [0.4, 0.5) is 5.69 Å². The van der Waals surface area contributed by atoms with Crippen LogP contribution in [0.25, 0.3) is 0 Å². The van der Waals surface area contributed by atoms with Crippen LogP contribution >= 0.6 is 0 Å². The number of hydrogen-bond donors (Lipinski definition) is 1. The van der Waals surface area contributed by atoms with Gasteiger partial charge in [0.1, 0.15) is 0 Å². The Labute approximate surface area is 123 Å². The normalized spacial score (nSPS) is 12.0. The number of anilines is 1. The van der Waals surface area contributed by atoms with Crippen LogP contribution in [0.5, 0.6) is 0 Å². The molecule has 3 heteroatoms. The van der Waals surface area contributed by atoms with Crippen LogP contribution in [0.2, 0.25) is 0 Å². The van der Waals surface area contributed by atoms with Gasteiger partial charge in [0, 0.05) is 25.8 Å². The zero-order valence-electron chi connectivity index (χ0n) is 13.3. The van der Waals surface area contributed by atoms with E-state index in [9.17, 15) is 4.79 Å². The van der Waals surface area contributed by atoms with Crippen molar-refractivity contribution in [2.24, 2.45) is 0 Å². The smallest absolute Gasteiger partial charge is 0.226 e. The molecule has 0 aromatic heterocycles. The molecule has 0 spiro atoms. The molecule has 1 unspecified atom stereocenters. The molecule has 1 aromatic carbocycles. The van der Waals surface area contributed by atoms with Crippen molar-refractivity contribution >= 4 is 11.6 Å². The summed E-state index contributed by atoms with van der Waals surface area (Å²) in [6, 6.07) is 8.77. The molecular weight excluding hydrogens is 248 g/mol. The van der Waals surface area contributed by atoms with Crippen molar-refractivity contribution in [1.29, 1.82) is 0 Å². The number of carbonyl (C=O) groups is 1. The minimum absolute atomic E-state index is 0.139. The van der Waals surface area contributed by atoms with Crippen molar-refractivity contribution in [3.05, 3.63) is 29.8 Å². The highest BCUT2D eigenvalue weighted by atomic mass is 16.2. The van der Waals surface area contributed by atoms with Crippen LogP contribution in [0, 0.1) is 0 Å². The van der Waals surface area contributed by atoms with Crippen molar-refractivity contribution < 1.29 is 4.79 Å². The number of likely N-dealkylation sites (N-methyl/N-ethyl adjacent to an activating group) is 1. The molecule has 1 amide bonds. The second kappa shape index (κ2) is 8.62. The van der Waals surface area contributed by atoms with E-state index in [1.54, 1.807) is 19.0 Å². The predicted molar refractivity (Wildman–Crippen MR) is 86.1 cm³/mol. The van der Waals surface area contributed by atoms with E-state index >= 15 is 0 Å². The molecular formula is C17H28N2O. The molecule has 0 fully saturated rings. The number of hydrogen-bond acceptors (Lipinski definition) is 2. The molecule has 112 valence electrons. The first-order valence-electron chi connectivity index (χ1n) is 7.62. The Morgan fingerprint density at radius 2 is 1.85 bits per heavy atom. The Bertz CT molecular complexity index is 398. The number of nitrogens with zero attached hydrogens (tertiary/aromatic N) is 1. The van der Waals surface area contributed by atoms with Crippen molar-refractivity contribution in [3.63, 3.8) is 0 Å². The molecule has 0 aliphatic carbocycles. The number of unbranched alkanes of at least 4 members (excludes halogenated alkanes) is 1. The minimum atomic E-state index is 0.139. The zero-order chi connectivity index (χ0) is 15.0. The number of rotatable bonds is 8. The van der Waals surface area contributed by atoms with Gasteiger partial charge in [-0.05, 0) is 30.5 Å². The fourth-order valence-electron chi connectivity index (χ4n) is 2.12. The molecule has 0 bridgehead atoms. The summed E-state index contributed by atoms with van der Waals surface area (Å²) < 4.78 is 0. The second-order valence-electron chi connectivity index (χ2n) is 5.55. The summed E-state index contributed by atoms with van der Waals surface area (Å²) in [4.78, 5) is 13.3. The van der Waals surface area contributed by atoms with E-state index in [4.69, 9.17) is 0 Å². The van der Waals surface area contributed by atoms with Crippen LogP contribution in [0.1, 0.15) is 45.1 Å². The third kappa shape index (κ3) is 5.64. The lowest BCUT2D eigenvalue weighted by atomic mass is 10.1. The molecule has 3 nitrogen and oxygen atoms in total. The lowest BCUT2D eigenvalue weighted by Crippen LogP contribution is -2.23. The molecule has 0 saturated heterocycles. The first kappa shape index (κ1) is 16.5. The summed E-state index contributed by atoms with van der Waals surface area (Å²) in [6.45, 7) is 4.45. The van der Waals surface area contributed by atoms with Crippen molar-refractivity contribution in [1.82, 2.24) is 4.90 Å². The first-order chi connectivity index (χ1) is 9.56. The molecule has 0 aliphatic heterocycles. The SMILES string of the molecule is CCCCC(CC)Nc1ccc(CC(=O)N(C)C)cc1. The highest BCUT2D eigenvalue weighted by Gasteiger charge is 2.07. The van der Waals surface area contributed by atoms with Gasteiger partial charge in [0.25, 0.3) is 0 Å². The van der Waals surface area contributed by atoms with Crippen LogP contribution < -0.4 is 5.32 Å². The third-order valence-corrected chi connectivity index (χ3v) is 3.58. The van der Waals surface area contributed by atoms with Crippen molar-refractivity contribution in [3.8, 4) is 0 Å². The molecule has 20 heavy (non-hydrogen) atoms. The van der Waals surface area contributed by atoms with Crippen LogP contribution in [-0.4, -0.2) is 30.9 Å². The molecule has 1 atom stereocenters. The largest absolute Gasteiger partial charge is 0.382 e. The van der Waals surface area contributed by atoms with Gasteiger partial charge in [0.15, 0.2) is 0 Å². The Morgan fingerprint density at radius 1 is 1.20 bits per heavy atom. The third-order valence-electron chi connectivity index (χ3n) is 3.58. The maximum atomic E-state index is 11.6. The van der Waals surface area contributed by atoms with Gasteiger partial charge >= 0.3 is 0 Å². The molecule has 0 radical (unpaired) electrons. The monoisotopic (exact) mass is 276 g/mol. The fourth-order valence-corrected chi connectivity index (χ4v) is 2.12. The van der Waals surface area contributed by atoms with Crippen LogP contribution in [-0.2, 0) is 11.2 Å². The maximum Gasteiger partial charge on any atom is 0.226 e. The van der Waals surface area contributed by atoms with Gasteiger partial charge in [-0.3, -0.25) is 4.79 Å². The summed E-state index contributed by atoms with van der Waals surface area (Å²) in [7, 11) is 3.58. The molecule has 0 aliphatic rings. The summed E-state index contributed by atoms with van der Waals surface area (Å²) in [5.74, 6) is 0.139. The predicted octanol–water partition coefficient (Wildman–Crippen LogP) is 3.70. The van der Waals surface area contributed by atoms with E-state index in [1.165, 1.54) is 19.3 Å². The van der Waals surface area contributed by atoms with Crippen molar-refractivity contribution in [2.75, 3.05) is 19.4 Å². The molecule has 0 heterocycles. The van der Waals surface area contributed by atoms with E-state index < -0.39 is 0 Å². The Hall–Kier alpha value is -1.51. The van der Waals surface area contributed by atoms with Gasteiger partial charge < -0.3 is 10.2 Å². The number of nitrogens with one attached hydrogen (secondary N) is 1. The summed E-state index contributed by atoms with van der Waals surface area (Å²) in [5.41, 5.74) is 2.21. The average Bonchev–Trinajstić information content (AvgIpc) is 2.45. The summed E-state index contributed by atoms with van der Waals surface area (Å²) >= 11 is 0. The molecule has 1 N–H and O–H groups in total. The highest BCUT2D eigenvalue weighted by Crippen LogP contribution is 2.15. The van der Waals surface area contributed by atoms with E-state index in [2.05, 4.69) is 31.3 Å². The van der Waals surface area contributed by atoms with E-state index in [-0.39, 0.29) is 5.91 Å². The Balaban J connectivity index is 2.55. The maximum absolute atomic E-state index is 11.6. The highest BCUT2D eigenvalue weighted by molar-refractivity contribution is 5.78. The Morgan fingerprint density at radius 3 is 2.35 bits per heavy atom. The molecule has 1 aromatic rings.